The van der Waals surface area contributed by atoms with E-state index >= 15 is 0 Å². The van der Waals surface area contributed by atoms with E-state index in [4.69, 9.17) is 4.74 Å². The molecule has 0 atom stereocenters. The lowest BCUT2D eigenvalue weighted by Crippen LogP contribution is -2.22. The van der Waals surface area contributed by atoms with Crippen LogP contribution in [0.15, 0.2) is 15.8 Å². The summed E-state index contributed by atoms with van der Waals surface area (Å²) in [5.41, 5.74) is -2.25. The minimum Gasteiger partial charge on any atom is -0.462 e. The summed E-state index contributed by atoms with van der Waals surface area (Å²) in [5.74, 6) is -3.43. The fraction of sp³-hybridized carbons (Fsp3) is 0.353. The van der Waals surface area contributed by atoms with E-state index in [9.17, 15) is 23.2 Å². The molecule has 3 aromatic rings. The maximum atomic E-state index is 14.8. The van der Waals surface area contributed by atoms with Crippen LogP contribution in [0.1, 0.15) is 36.2 Å². The van der Waals surface area contributed by atoms with E-state index in [1.54, 1.807) is 6.92 Å². The van der Waals surface area contributed by atoms with Crippen molar-refractivity contribution in [2.45, 2.75) is 25.8 Å². The van der Waals surface area contributed by atoms with Gasteiger partial charge in [0.1, 0.15) is 10.9 Å². The van der Waals surface area contributed by atoms with Crippen molar-refractivity contribution in [3.63, 3.8) is 0 Å². The molecule has 26 heavy (non-hydrogen) atoms. The number of aryl methyl sites for hydroxylation is 1. The normalized spacial score (nSPS) is 14.3. The molecule has 9 heteroatoms. The second-order valence-corrected chi connectivity index (χ2v) is 6.31. The van der Waals surface area contributed by atoms with Crippen LogP contribution in [0.5, 0.6) is 0 Å². The number of pyridine rings is 1. The van der Waals surface area contributed by atoms with Crippen LogP contribution in [0, 0.1) is 11.6 Å². The Bertz CT molecular complexity index is 1200. The van der Waals surface area contributed by atoms with Gasteiger partial charge >= 0.3 is 5.97 Å². The molecule has 1 fully saturated rings. The molecular weight excluding hydrogens is 348 g/mol. The molecule has 7 nitrogen and oxygen atoms in total. The second-order valence-electron chi connectivity index (χ2n) is 6.31. The minimum absolute atomic E-state index is 0.0646. The molecule has 0 saturated heterocycles. The molecule has 0 radical (unpaired) electrons. The first kappa shape index (κ1) is 16.5. The Balaban J connectivity index is 2.26. The number of ether oxygens (including phenoxy) is 1. The molecule has 2 heterocycles. The number of esters is 1. The summed E-state index contributed by atoms with van der Waals surface area (Å²) in [6.45, 7) is 1.66. The largest absolute Gasteiger partial charge is 0.462 e. The Kier molecular flexibility index (Phi) is 3.50. The van der Waals surface area contributed by atoms with Gasteiger partial charge in [-0.3, -0.25) is 19.4 Å². The van der Waals surface area contributed by atoms with Gasteiger partial charge in [-0.05, 0) is 19.8 Å². The van der Waals surface area contributed by atoms with Gasteiger partial charge in [0.25, 0.3) is 5.56 Å². The summed E-state index contributed by atoms with van der Waals surface area (Å²) in [7, 11) is 1.33. The van der Waals surface area contributed by atoms with Crippen molar-refractivity contribution >= 4 is 27.8 Å². The summed E-state index contributed by atoms with van der Waals surface area (Å²) in [6, 6.07) is -0.145. The Morgan fingerprint density at radius 3 is 2.58 bits per heavy atom. The van der Waals surface area contributed by atoms with Gasteiger partial charge in [0.2, 0.25) is 5.43 Å². The van der Waals surface area contributed by atoms with Crippen LogP contribution in [0.2, 0.25) is 0 Å². The third-order valence-corrected chi connectivity index (χ3v) is 4.59. The average molecular weight is 363 g/mol. The van der Waals surface area contributed by atoms with E-state index in [0.717, 1.165) is 4.68 Å². The van der Waals surface area contributed by atoms with Crippen LogP contribution in [0.25, 0.3) is 21.8 Å². The summed E-state index contributed by atoms with van der Waals surface area (Å²) in [4.78, 5) is 37.2. The molecule has 1 aromatic carbocycles. The summed E-state index contributed by atoms with van der Waals surface area (Å²) in [5, 5.41) is 1.82. The summed E-state index contributed by atoms with van der Waals surface area (Å²) < 4.78 is 36.6. The first-order chi connectivity index (χ1) is 12.4. The highest BCUT2D eigenvalue weighted by atomic mass is 19.2. The van der Waals surface area contributed by atoms with Crippen molar-refractivity contribution < 1.29 is 18.3 Å². The van der Waals surface area contributed by atoms with Crippen molar-refractivity contribution in [3.05, 3.63) is 44.0 Å². The Morgan fingerprint density at radius 1 is 1.27 bits per heavy atom. The lowest BCUT2D eigenvalue weighted by molar-refractivity contribution is 0.0524. The van der Waals surface area contributed by atoms with Gasteiger partial charge in [-0.15, -0.1) is 0 Å². The number of benzene rings is 1. The summed E-state index contributed by atoms with van der Waals surface area (Å²) in [6.07, 6.45) is 2.64. The highest BCUT2D eigenvalue weighted by molar-refractivity contribution is 6.06. The fourth-order valence-corrected chi connectivity index (χ4v) is 3.23. The number of aromatic amines is 1. The van der Waals surface area contributed by atoms with Crippen LogP contribution in [0.3, 0.4) is 0 Å². The molecule has 2 aromatic heterocycles. The van der Waals surface area contributed by atoms with E-state index in [0.29, 0.717) is 12.8 Å². The monoisotopic (exact) mass is 363 g/mol. The van der Waals surface area contributed by atoms with E-state index in [2.05, 4.69) is 5.10 Å². The van der Waals surface area contributed by atoms with Crippen LogP contribution in [-0.2, 0) is 11.8 Å². The molecule has 0 bridgehead atoms. The van der Waals surface area contributed by atoms with Gasteiger partial charge in [0, 0.05) is 19.3 Å². The first-order valence-electron chi connectivity index (χ1n) is 8.18. The number of nitrogens with zero attached hydrogens (tertiary/aromatic N) is 2. The van der Waals surface area contributed by atoms with Gasteiger partial charge in [-0.2, -0.15) is 0 Å². The van der Waals surface area contributed by atoms with Crippen LogP contribution < -0.4 is 11.0 Å². The highest BCUT2D eigenvalue weighted by Crippen LogP contribution is 2.39. The Labute approximate surface area is 144 Å². The lowest BCUT2D eigenvalue weighted by Gasteiger charge is -2.14. The van der Waals surface area contributed by atoms with Gasteiger partial charge in [0.15, 0.2) is 11.6 Å². The summed E-state index contributed by atoms with van der Waals surface area (Å²) >= 11 is 0. The number of H-pyrrole nitrogens is 1. The Morgan fingerprint density at radius 2 is 1.96 bits per heavy atom. The molecule has 1 aliphatic rings. The third kappa shape index (κ3) is 2.12. The Hall–Kier alpha value is -2.97. The molecule has 0 aliphatic heterocycles. The number of carbonyl (C=O) groups is 1. The van der Waals surface area contributed by atoms with Crippen LogP contribution in [0.4, 0.5) is 8.78 Å². The van der Waals surface area contributed by atoms with Gasteiger partial charge in [-0.1, -0.05) is 0 Å². The zero-order chi connectivity index (χ0) is 18.7. The number of fused-ring (bicyclic) bond motifs is 3. The molecule has 0 spiro atoms. The number of halogens is 2. The van der Waals surface area contributed by atoms with Crippen LogP contribution in [-0.4, -0.2) is 26.9 Å². The van der Waals surface area contributed by atoms with Crippen molar-refractivity contribution in [1.82, 2.24) is 14.3 Å². The molecule has 4 rings (SSSR count). The average Bonchev–Trinajstić information content (AvgIpc) is 3.39. The fourth-order valence-electron chi connectivity index (χ4n) is 3.23. The molecule has 1 N–H and O–H groups in total. The molecular formula is C17H15F2N3O4. The topological polar surface area (TPSA) is 86.1 Å². The smallest absolute Gasteiger partial charge is 0.343 e. The maximum Gasteiger partial charge on any atom is 0.343 e. The standard InChI is InChI=1S/C17H15F2N3O4/c1-3-26-17(25)8-6-22(7-4-5-7)14-10(15(8)23)13-9(11(18)12(14)19)16(24)21(2)20-13/h6-7,20H,3-5H2,1-2H3. The molecule has 1 saturated carbocycles. The van der Waals surface area contributed by atoms with Gasteiger partial charge in [0.05, 0.1) is 23.0 Å². The predicted octanol–water partition coefficient (Wildman–Crippen LogP) is 1.97. The SMILES string of the molecule is CCOC(=O)c1cn(C2CC2)c2c(F)c(F)c3c(=O)n(C)[nH]c3c2c1=O. The van der Waals surface area contributed by atoms with Crippen molar-refractivity contribution in [3.8, 4) is 0 Å². The highest BCUT2D eigenvalue weighted by Gasteiger charge is 2.32. The van der Waals surface area contributed by atoms with E-state index in [1.807, 2.05) is 0 Å². The van der Waals surface area contributed by atoms with E-state index in [1.165, 1.54) is 17.8 Å². The number of rotatable bonds is 3. The maximum absolute atomic E-state index is 14.8. The number of aromatic nitrogens is 3. The number of carbonyl (C=O) groups excluding carboxylic acids is 1. The van der Waals surface area contributed by atoms with E-state index in [-0.39, 0.29) is 34.6 Å². The zero-order valence-corrected chi connectivity index (χ0v) is 14.1. The predicted molar refractivity (Wildman–Crippen MR) is 89.4 cm³/mol. The number of hydrogen-bond donors (Lipinski definition) is 1. The quantitative estimate of drug-likeness (QED) is 0.721. The van der Waals surface area contributed by atoms with Crippen molar-refractivity contribution in [1.29, 1.82) is 0 Å². The molecule has 0 unspecified atom stereocenters. The van der Waals surface area contributed by atoms with Gasteiger partial charge < -0.3 is 9.30 Å². The van der Waals surface area contributed by atoms with Crippen LogP contribution >= 0.6 is 0 Å². The second kappa shape index (κ2) is 5.52. The minimum atomic E-state index is -1.31. The number of nitrogens with one attached hydrogen (secondary N) is 1. The van der Waals surface area contributed by atoms with Crippen molar-refractivity contribution in [2.24, 2.45) is 7.05 Å². The molecule has 1 aliphatic carbocycles. The van der Waals surface area contributed by atoms with Gasteiger partial charge in [-0.25, -0.2) is 13.6 Å². The van der Waals surface area contributed by atoms with E-state index < -0.39 is 34.0 Å². The molecule has 0 amide bonds. The molecule has 136 valence electrons. The number of hydrogen-bond acceptors (Lipinski definition) is 4. The first-order valence-corrected chi connectivity index (χ1v) is 8.18. The zero-order valence-electron chi connectivity index (χ0n) is 14.1. The van der Waals surface area contributed by atoms with Crippen molar-refractivity contribution in [2.75, 3.05) is 6.61 Å². The third-order valence-electron chi connectivity index (χ3n) is 4.59. The lowest BCUT2D eigenvalue weighted by atomic mass is 10.1.